The van der Waals surface area contributed by atoms with E-state index in [9.17, 15) is 9.18 Å². The molecule has 2 saturated heterocycles. The first-order chi connectivity index (χ1) is 7.76. The lowest BCUT2D eigenvalue weighted by Gasteiger charge is -2.49. The average Bonchev–Trinajstić information content (AvgIpc) is 2.54. The number of nitrogens with two attached hydrogens (primary N) is 1. The molecule has 2 heterocycles. The minimum atomic E-state index is -1.20. The van der Waals surface area contributed by atoms with Crippen LogP contribution in [-0.4, -0.2) is 29.9 Å². The average molecular weight is 244 g/mol. The van der Waals surface area contributed by atoms with E-state index in [0.717, 1.165) is 12.8 Å². The molecule has 4 nitrogen and oxygen atoms in total. The lowest BCUT2D eigenvalue weighted by atomic mass is 9.68. The van der Waals surface area contributed by atoms with Gasteiger partial charge in [-0.15, -0.1) is 0 Å². The molecule has 0 aromatic heterocycles. The van der Waals surface area contributed by atoms with Crippen LogP contribution in [0.2, 0.25) is 0 Å². The molecule has 0 aromatic rings. The second-order valence-corrected chi connectivity index (χ2v) is 6.21. The van der Waals surface area contributed by atoms with Gasteiger partial charge in [0.25, 0.3) is 0 Å². The van der Waals surface area contributed by atoms with E-state index >= 15 is 0 Å². The van der Waals surface area contributed by atoms with E-state index in [0.29, 0.717) is 6.42 Å². The van der Waals surface area contributed by atoms with Crippen molar-refractivity contribution in [1.82, 2.24) is 5.32 Å². The van der Waals surface area contributed by atoms with Gasteiger partial charge in [0, 0.05) is 12.5 Å². The van der Waals surface area contributed by atoms with Crippen molar-refractivity contribution in [3.63, 3.8) is 0 Å². The Balaban J connectivity index is 2.25. The summed E-state index contributed by atoms with van der Waals surface area (Å²) in [6.07, 6.45) is -0.573. The molecule has 0 spiro atoms. The topological polar surface area (TPSA) is 64.3 Å². The fourth-order valence-corrected chi connectivity index (χ4v) is 3.28. The number of hydrogen-bond acceptors (Lipinski definition) is 3. The number of carbonyl (C=O) groups excluding carboxylic acids is 1. The summed E-state index contributed by atoms with van der Waals surface area (Å²) in [5.41, 5.74) is 4.18. The van der Waals surface area contributed by atoms with Crippen molar-refractivity contribution in [3.05, 3.63) is 0 Å². The van der Waals surface area contributed by atoms with Crippen molar-refractivity contribution in [1.29, 1.82) is 0 Å². The highest BCUT2D eigenvalue weighted by Gasteiger charge is 2.59. The van der Waals surface area contributed by atoms with Crippen LogP contribution in [0.5, 0.6) is 0 Å². The van der Waals surface area contributed by atoms with Crippen molar-refractivity contribution in [2.75, 3.05) is 0 Å². The van der Waals surface area contributed by atoms with Crippen LogP contribution in [0.1, 0.15) is 40.0 Å². The standard InChI is InChI=1S/C12H21FN2O2/c1-11(2,3)12-5-4-7(15-12)6-8(9(12)13)17-10(14)16/h7-9,15H,4-6H2,1-3H3,(H2,14,16)/t7-,8+,9-,12-/m1/s1. The first-order valence-corrected chi connectivity index (χ1v) is 6.14. The van der Waals surface area contributed by atoms with Gasteiger partial charge in [0.05, 0.1) is 5.54 Å². The molecular weight excluding hydrogens is 223 g/mol. The highest BCUT2D eigenvalue weighted by Crippen LogP contribution is 2.48. The van der Waals surface area contributed by atoms with Crippen molar-refractivity contribution in [2.45, 2.75) is 63.9 Å². The quantitative estimate of drug-likeness (QED) is 0.738. The molecule has 17 heavy (non-hydrogen) atoms. The van der Waals surface area contributed by atoms with Gasteiger partial charge < -0.3 is 15.8 Å². The summed E-state index contributed by atoms with van der Waals surface area (Å²) in [5, 5.41) is 3.39. The predicted octanol–water partition coefficient (Wildman–Crippen LogP) is 1.73. The van der Waals surface area contributed by atoms with Gasteiger partial charge in [0.2, 0.25) is 0 Å². The van der Waals surface area contributed by atoms with E-state index in [4.69, 9.17) is 10.5 Å². The molecule has 3 N–H and O–H groups in total. The van der Waals surface area contributed by atoms with E-state index in [-0.39, 0.29) is 11.5 Å². The van der Waals surface area contributed by atoms with Gasteiger partial charge in [-0.1, -0.05) is 20.8 Å². The number of nitrogens with one attached hydrogen (secondary N) is 1. The third-order valence-electron chi connectivity index (χ3n) is 4.27. The number of hydrogen-bond donors (Lipinski definition) is 2. The Bertz CT molecular complexity index is 329. The maximum absolute atomic E-state index is 14.7. The zero-order chi connectivity index (χ0) is 12.8. The highest BCUT2D eigenvalue weighted by molar-refractivity contribution is 5.65. The molecule has 5 heteroatoms. The molecule has 2 aliphatic rings. The van der Waals surface area contributed by atoms with Gasteiger partial charge in [0.15, 0.2) is 6.17 Å². The maximum Gasteiger partial charge on any atom is 0.404 e. The molecule has 0 saturated carbocycles. The minimum absolute atomic E-state index is 0.221. The number of amides is 1. The lowest BCUT2D eigenvalue weighted by Crippen LogP contribution is -2.66. The smallest absolute Gasteiger partial charge is 0.404 e. The van der Waals surface area contributed by atoms with Crippen molar-refractivity contribution in [2.24, 2.45) is 11.1 Å². The summed E-state index contributed by atoms with van der Waals surface area (Å²) >= 11 is 0. The van der Waals surface area contributed by atoms with Crippen LogP contribution in [0.4, 0.5) is 9.18 Å². The molecule has 2 fully saturated rings. The molecule has 0 radical (unpaired) electrons. The fraction of sp³-hybridized carbons (Fsp3) is 0.917. The first kappa shape index (κ1) is 12.6. The molecule has 0 aliphatic carbocycles. The molecule has 0 aromatic carbocycles. The number of piperidine rings is 1. The van der Waals surface area contributed by atoms with Crippen LogP contribution in [0.15, 0.2) is 0 Å². The largest absolute Gasteiger partial charge is 0.443 e. The number of rotatable bonds is 1. The second kappa shape index (κ2) is 3.83. The third kappa shape index (κ3) is 1.90. The second-order valence-electron chi connectivity index (χ2n) is 6.21. The molecule has 2 bridgehead atoms. The van der Waals surface area contributed by atoms with Crippen molar-refractivity contribution < 1.29 is 13.9 Å². The molecule has 4 atom stereocenters. The number of halogens is 1. The van der Waals surface area contributed by atoms with Crippen LogP contribution in [-0.2, 0) is 4.74 Å². The number of ether oxygens (including phenoxy) is 1. The zero-order valence-corrected chi connectivity index (χ0v) is 10.6. The summed E-state index contributed by atoms with van der Waals surface area (Å²) in [5.74, 6) is 0. The number of primary amides is 1. The van der Waals surface area contributed by atoms with Crippen LogP contribution < -0.4 is 11.1 Å². The van der Waals surface area contributed by atoms with Crippen molar-refractivity contribution >= 4 is 6.09 Å². The fourth-order valence-electron chi connectivity index (χ4n) is 3.28. The van der Waals surface area contributed by atoms with Gasteiger partial charge in [-0.25, -0.2) is 9.18 Å². The van der Waals surface area contributed by atoms with Crippen molar-refractivity contribution in [3.8, 4) is 0 Å². The summed E-state index contributed by atoms with van der Waals surface area (Å²) in [4.78, 5) is 10.8. The van der Waals surface area contributed by atoms with Gasteiger partial charge in [0.1, 0.15) is 6.10 Å². The number of fused-ring (bicyclic) bond motifs is 2. The Morgan fingerprint density at radius 2 is 2.18 bits per heavy atom. The number of carbonyl (C=O) groups is 1. The predicted molar refractivity (Wildman–Crippen MR) is 62.3 cm³/mol. The molecule has 0 unspecified atom stereocenters. The third-order valence-corrected chi connectivity index (χ3v) is 4.27. The number of alkyl halides is 1. The molecule has 2 aliphatic heterocycles. The molecular formula is C12H21FN2O2. The van der Waals surface area contributed by atoms with Crippen LogP contribution in [0.3, 0.4) is 0 Å². The van der Waals surface area contributed by atoms with E-state index < -0.39 is 23.9 Å². The van der Waals surface area contributed by atoms with E-state index in [1.54, 1.807) is 0 Å². The Morgan fingerprint density at radius 3 is 2.71 bits per heavy atom. The van der Waals surface area contributed by atoms with Gasteiger partial charge >= 0.3 is 6.09 Å². The molecule has 98 valence electrons. The normalized spacial score (nSPS) is 41.3. The summed E-state index contributed by atoms with van der Waals surface area (Å²) in [7, 11) is 0. The van der Waals surface area contributed by atoms with Gasteiger partial charge in [-0.3, -0.25) is 0 Å². The Kier molecular flexibility index (Phi) is 2.84. The highest BCUT2D eigenvalue weighted by atomic mass is 19.1. The van der Waals surface area contributed by atoms with Gasteiger partial charge in [-0.2, -0.15) is 0 Å². The monoisotopic (exact) mass is 244 g/mol. The van der Waals surface area contributed by atoms with E-state index in [1.807, 2.05) is 20.8 Å². The van der Waals surface area contributed by atoms with E-state index in [1.165, 1.54) is 0 Å². The lowest BCUT2D eigenvalue weighted by molar-refractivity contribution is -0.0578. The summed E-state index contributed by atoms with van der Waals surface area (Å²) in [6.45, 7) is 6.05. The van der Waals surface area contributed by atoms with E-state index in [2.05, 4.69) is 5.32 Å². The SMILES string of the molecule is CC(C)(C)[C@@]12CC[C@H](C[C@H](OC(N)=O)[C@H]1F)N2. The Morgan fingerprint density at radius 1 is 1.53 bits per heavy atom. The Hall–Kier alpha value is -0.840. The van der Waals surface area contributed by atoms with Crippen LogP contribution in [0, 0.1) is 5.41 Å². The summed E-state index contributed by atoms with van der Waals surface area (Å²) < 4.78 is 19.6. The molecule has 1 amide bonds. The first-order valence-electron chi connectivity index (χ1n) is 6.14. The minimum Gasteiger partial charge on any atom is -0.443 e. The van der Waals surface area contributed by atoms with Gasteiger partial charge in [-0.05, 0) is 18.3 Å². The molecule has 2 rings (SSSR count). The van der Waals surface area contributed by atoms with Crippen LogP contribution in [0.25, 0.3) is 0 Å². The van der Waals surface area contributed by atoms with Crippen LogP contribution >= 0.6 is 0 Å². The summed E-state index contributed by atoms with van der Waals surface area (Å²) in [6, 6.07) is 0.227. The Labute approximate surface area is 101 Å². The zero-order valence-electron chi connectivity index (χ0n) is 10.6. The maximum atomic E-state index is 14.7.